The lowest BCUT2D eigenvalue weighted by Gasteiger charge is -2.17. The summed E-state index contributed by atoms with van der Waals surface area (Å²) < 4.78 is 31.7. The third kappa shape index (κ3) is 12.1. The molecule has 0 saturated heterocycles. The van der Waals surface area contributed by atoms with Gasteiger partial charge in [-0.15, -0.1) is 0 Å². The zero-order chi connectivity index (χ0) is 34.2. The van der Waals surface area contributed by atoms with Crippen LogP contribution >= 0.6 is 0 Å². The van der Waals surface area contributed by atoms with E-state index >= 15 is 0 Å². The van der Waals surface area contributed by atoms with Crippen LogP contribution in [0.3, 0.4) is 0 Å². The van der Waals surface area contributed by atoms with Crippen LogP contribution in [0.5, 0.6) is 11.5 Å². The Morgan fingerprint density at radius 1 is 0.674 bits per heavy atom. The molecule has 0 heterocycles. The molecule has 0 aliphatic heterocycles. The molecule has 240 valence electrons. The van der Waals surface area contributed by atoms with E-state index in [1.807, 2.05) is 13.8 Å². The highest BCUT2D eigenvalue weighted by atomic mass is 16.6. The van der Waals surface area contributed by atoms with Crippen LogP contribution in [-0.2, 0) is 38.1 Å². The molecule has 0 saturated carbocycles. The first-order valence-corrected chi connectivity index (χ1v) is 14.0. The van der Waals surface area contributed by atoms with Gasteiger partial charge in [0.25, 0.3) is 0 Å². The lowest BCUT2D eigenvalue weighted by Crippen LogP contribution is -2.21. The standard InChI is InChI=1S/C36H36O10/c1-23-18-36(42-8)32(20-29(23)11-9-15-43-25(3)37)21-33(22-45-27(5)39)34(46-28(6)40)14-13-30-19-31(12-10-16-44-26(4)38)35(41-7)17-24(30)2/h17-21,34H,15-16,22H2,1-8H3/b33-21+. The van der Waals surface area contributed by atoms with Gasteiger partial charge in [-0.3, -0.25) is 19.2 Å². The molecule has 0 amide bonds. The van der Waals surface area contributed by atoms with Crippen molar-refractivity contribution in [3.05, 3.63) is 63.2 Å². The summed E-state index contributed by atoms with van der Waals surface area (Å²) in [4.78, 5) is 46.2. The topological polar surface area (TPSA) is 124 Å². The molecule has 0 fully saturated rings. The second-order valence-corrected chi connectivity index (χ2v) is 9.70. The molecule has 1 atom stereocenters. The van der Waals surface area contributed by atoms with Crippen molar-refractivity contribution in [3.63, 3.8) is 0 Å². The summed E-state index contributed by atoms with van der Waals surface area (Å²) in [6.45, 7) is 8.39. The van der Waals surface area contributed by atoms with Gasteiger partial charge >= 0.3 is 23.9 Å². The van der Waals surface area contributed by atoms with Crippen LogP contribution in [-0.4, -0.2) is 64.0 Å². The van der Waals surface area contributed by atoms with E-state index in [1.165, 1.54) is 41.9 Å². The molecule has 0 spiro atoms. The largest absolute Gasteiger partial charge is 0.496 e. The molecule has 0 radical (unpaired) electrons. The Kier molecular flexibility index (Phi) is 14.5. The molecule has 1 unspecified atom stereocenters. The minimum atomic E-state index is -1.12. The van der Waals surface area contributed by atoms with Crippen LogP contribution in [0, 0.1) is 49.4 Å². The van der Waals surface area contributed by atoms with Gasteiger partial charge in [-0.05, 0) is 61.2 Å². The molecule has 0 aliphatic rings. The number of carbonyl (C=O) groups excluding carboxylic acids is 4. The lowest BCUT2D eigenvalue weighted by molar-refractivity contribution is -0.143. The maximum Gasteiger partial charge on any atom is 0.304 e. The Morgan fingerprint density at radius 3 is 1.72 bits per heavy atom. The second-order valence-electron chi connectivity index (χ2n) is 9.70. The molecule has 2 rings (SSSR count). The lowest BCUT2D eigenvalue weighted by atomic mass is 9.99. The second kappa shape index (κ2) is 18.2. The molecule has 0 aromatic heterocycles. The molecule has 0 aliphatic carbocycles. The molecule has 10 nitrogen and oxygen atoms in total. The summed E-state index contributed by atoms with van der Waals surface area (Å²) in [6, 6.07) is 7.02. The van der Waals surface area contributed by atoms with Crippen molar-refractivity contribution in [1.29, 1.82) is 0 Å². The molecule has 0 N–H and O–H groups in total. The first-order valence-electron chi connectivity index (χ1n) is 14.0. The summed E-state index contributed by atoms with van der Waals surface area (Å²) in [5.74, 6) is 16.5. The SMILES string of the molecule is COc1cc(C)c(C#CC(OC(C)=O)/C(=C/c2cc(C#CCOC(C)=O)c(C)cc2OC)COC(C)=O)cc1C#CCOC(C)=O. The Bertz CT molecular complexity index is 1700. The number of ether oxygens (including phenoxy) is 6. The zero-order valence-corrected chi connectivity index (χ0v) is 27.2. The van der Waals surface area contributed by atoms with Gasteiger partial charge in [-0.1, -0.05) is 29.6 Å². The first-order chi connectivity index (χ1) is 21.8. The monoisotopic (exact) mass is 628 g/mol. The summed E-state index contributed by atoms with van der Waals surface area (Å²) in [5, 5.41) is 0. The minimum Gasteiger partial charge on any atom is -0.496 e. The van der Waals surface area contributed by atoms with E-state index in [0.29, 0.717) is 39.3 Å². The van der Waals surface area contributed by atoms with Crippen LogP contribution in [0.2, 0.25) is 0 Å². The fourth-order valence-electron chi connectivity index (χ4n) is 3.83. The van der Waals surface area contributed by atoms with Crippen LogP contribution in [0.4, 0.5) is 0 Å². The number of hydrogen-bond acceptors (Lipinski definition) is 10. The van der Waals surface area contributed by atoms with Gasteiger partial charge in [0.15, 0.2) is 19.3 Å². The van der Waals surface area contributed by atoms with Crippen molar-refractivity contribution in [3.8, 4) is 47.0 Å². The molecule has 0 bridgehead atoms. The van der Waals surface area contributed by atoms with Crippen LogP contribution in [0.15, 0.2) is 29.8 Å². The van der Waals surface area contributed by atoms with Gasteiger partial charge in [-0.25, -0.2) is 0 Å². The van der Waals surface area contributed by atoms with E-state index < -0.39 is 30.0 Å². The third-order valence-electron chi connectivity index (χ3n) is 6.01. The summed E-state index contributed by atoms with van der Waals surface area (Å²) in [5.41, 5.74) is 4.19. The molecule has 10 heteroatoms. The van der Waals surface area contributed by atoms with Gasteiger partial charge in [0.2, 0.25) is 0 Å². The van der Waals surface area contributed by atoms with E-state index in [-0.39, 0.29) is 19.8 Å². The van der Waals surface area contributed by atoms with Crippen molar-refractivity contribution in [2.75, 3.05) is 34.0 Å². The van der Waals surface area contributed by atoms with E-state index in [2.05, 4.69) is 35.5 Å². The van der Waals surface area contributed by atoms with Gasteiger partial charge in [0.1, 0.15) is 18.1 Å². The van der Waals surface area contributed by atoms with Gasteiger partial charge in [-0.2, -0.15) is 0 Å². The van der Waals surface area contributed by atoms with Gasteiger partial charge in [0, 0.05) is 50.0 Å². The summed E-state index contributed by atoms with van der Waals surface area (Å²) in [6.07, 6.45) is 0.537. The maximum absolute atomic E-state index is 12.2. The first kappa shape index (κ1) is 36.5. The number of rotatable bonds is 9. The van der Waals surface area contributed by atoms with E-state index in [4.69, 9.17) is 28.4 Å². The Balaban J connectivity index is 2.67. The summed E-state index contributed by atoms with van der Waals surface area (Å²) in [7, 11) is 3.02. The van der Waals surface area contributed by atoms with Crippen molar-refractivity contribution in [2.45, 2.75) is 47.6 Å². The third-order valence-corrected chi connectivity index (χ3v) is 6.01. The highest BCUT2D eigenvalue weighted by molar-refractivity contribution is 5.71. The average Bonchev–Trinajstić information content (AvgIpc) is 2.99. The highest BCUT2D eigenvalue weighted by Crippen LogP contribution is 2.27. The Morgan fingerprint density at radius 2 is 1.20 bits per heavy atom. The van der Waals surface area contributed by atoms with Crippen molar-refractivity contribution in [2.24, 2.45) is 0 Å². The predicted octanol–water partition coefficient (Wildman–Crippen LogP) is 4.08. The average molecular weight is 629 g/mol. The fraction of sp³-hybridized carbons (Fsp3) is 0.333. The van der Waals surface area contributed by atoms with Crippen molar-refractivity contribution >= 4 is 30.0 Å². The van der Waals surface area contributed by atoms with Crippen LogP contribution in [0.1, 0.15) is 61.1 Å². The van der Waals surface area contributed by atoms with E-state index in [1.54, 1.807) is 30.3 Å². The van der Waals surface area contributed by atoms with E-state index in [0.717, 1.165) is 11.1 Å². The quantitative estimate of drug-likeness (QED) is 0.228. The Hall–Kier alpha value is -5.66. The number of benzene rings is 2. The fourth-order valence-corrected chi connectivity index (χ4v) is 3.83. The predicted molar refractivity (Wildman–Crippen MR) is 170 cm³/mol. The molecule has 2 aromatic rings. The Labute approximate surface area is 269 Å². The van der Waals surface area contributed by atoms with Gasteiger partial charge < -0.3 is 28.4 Å². The van der Waals surface area contributed by atoms with Crippen LogP contribution in [0.25, 0.3) is 6.08 Å². The number of esters is 4. The van der Waals surface area contributed by atoms with Crippen molar-refractivity contribution < 1.29 is 47.6 Å². The van der Waals surface area contributed by atoms with Crippen molar-refractivity contribution in [1.82, 2.24) is 0 Å². The maximum atomic E-state index is 12.2. The van der Waals surface area contributed by atoms with Crippen LogP contribution < -0.4 is 9.47 Å². The zero-order valence-electron chi connectivity index (χ0n) is 27.2. The molecule has 46 heavy (non-hydrogen) atoms. The summed E-state index contributed by atoms with van der Waals surface area (Å²) >= 11 is 0. The molecule has 2 aromatic carbocycles. The normalized spacial score (nSPS) is 10.7. The number of aryl methyl sites for hydroxylation is 2. The molecular weight excluding hydrogens is 592 g/mol. The smallest absolute Gasteiger partial charge is 0.304 e. The number of methoxy groups -OCH3 is 2. The van der Waals surface area contributed by atoms with Gasteiger partial charge in [0.05, 0.1) is 19.8 Å². The number of hydrogen-bond donors (Lipinski definition) is 0. The van der Waals surface area contributed by atoms with E-state index in [9.17, 15) is 19.2 Å². The highest BCUT2D eigenvalue weighted by Gasteiger charge is 2.19. The molecular formula is C36H36O10. The number of carbonyl (C=O) groups is 4. The minimum absolute atomic E-state index is 0.0714.